The van der Waals surface area contributed by atoms with E-state index in [0.29, 0.717) is 11.8 Å². The molecule has 1 aliphatic heterocycles. The maximum Gasteiger partial charge on any atom is 0.424 e. The zero-order valence-electron chi connectivity index (χ0n) is 22.8. The van der Waals surface area contributed by atoms with Crippen LogP contribution in [0.15, 0.2) is 54.9 Å². The topological polar surface area (TPSA) is 12.1 Å². The van der Waals surface area contributed by atoms with Crippen LogP contribution in [-0.4, -0.2) is 23.3 Å². The lowest BCUT2D eigenvalue weighted by Crippen LogP contribution is -2.65. The summed E-state index contributed by atoms with van der Waals surface area (Å²) in [6.45, 7) is 18.7. The van der Waals surface area contributed by atoms with Gasteiger partial charge in [-0.15, -0.1) is 0 Å². The highest BCUT2D eigenvalue weighted by molar-refractivity contribution is 6.85. The lowest BCUT2D eigenvalue weighted by Gasteiger charge is -2.38. The summed E-state index contributed by atoms with van der Waals surface area (Å²) in [7, 11) is 4.47. The Morgan fingerprint density at radius 3 is 1.94 bits per heavy atom. The number of imidazole rings is 1. The second-order valence-corrected chi connectivity index (χ2v) is 11.6. The quantitative estimate of drug-likeness (QED) is 0.424. The van der Waals surface area contributed by atoms with E-state index >= 15 is 0 Å². The van der Waals surface area contributed by atoms with Gasteiger partial charge in [0.1, 0.15) is 18.1 Å². The van der Waals surface area contributed by atoms with Gasteiger partial charge in [-0.2, -0.15) is 0 Å². The molecule has 0 unspecified atom stereocenters. The number of hydrogen-bond donors (Lipinski definition) is 0. The number of nitrogens with zero attached hydrogens (tertiary/aromatic N) is 3. The first-order valence-electron chi connectivity index (χ1n) is 12.7. The van der Waals surface area contributed by atoms with Crippen LogP contribution in [0.2, 0.25) is 0 Å². The summed E-state index contributed by atoms with van der Waals surface area (Å²) < 4.78 is 4.80. The van der Waals surface area contributed by atoms with Gasteiger partial charge in [-0.1, -0.05) is 96.4 Å². The Labute approximate surface area is 206 Å². The van der Waals surface area contributed by atoms with E-state index in [0.717, 1.165) is 0 Å². The molecule has 0 N–H and O–H groups in total. The third-order valence-corrected chi connectivity index (χ3v) is 7.34. The largest absolute Gasteiger partial charge is 0.424 e. The van der Waals surface area contributed by atoms with E-state index in [2.05, 4.69) is 138 Å². The minimum absolute atomic E-state index is 0.0265. The first-order valence-corrected chi connectivity index (χ1v) is 12.7. The minimum Gasteiger partial charge on any atom is -0.406 e. The van der Waals surface area contributed by atoms with Gasteiger partial charge in [0.05, 0.1) is 7.05 Å². The standard InChI is InChI=1S/C30H41BN3/c1-20(2)23-16-13-17-24(21(3)4)27(23)34-19-18-32(9)29(34)31-22(5)25-14-11-12-15-26(25)28(33(31)10)30(6,7)8/h11-21H,1-10H3/q+1. The molecule has 1 aliphatic rings. The molecule has 0 aliphatic carbocycles. The number of fused-ring (bicyclic) bond motifs is 1. The van der Waals surface area contributed by atoms with Gasteiger partial charge in [-0.3, -0.25) is 0 Å². The predicted molar refractivity (Wildman–Crippen MR) is 146 cm³/mol. The molecule has 0 bridgehead atoms. The fourth-order valence-electron chi connectivity index (χ4n) is 5.88. The van der Waals surface area contributed by atoms with E-state index in [1.54, 1.807) is 0 Å². The van der Waals surface area contributed by atoms with Crippen molar-refractivity contribution in [3.8, 4) is 5.69 Å². The molecule has 4 heteroatoms. The predicted octanol–water partition coefficient (Wildman–Crippen LogP) is 4.26. The Bertz CT molecular complexity index is 1310. The van der Waals surface area contributed by atoms with Crippen LogP contribution in [0.3, 0.4) is 0 Å². The Kier molecular flexibility index (Phi) is 6.31. The van der Waals surface area contributed by atoms with Gasteiger partial charge in [0.2, 0.25) is 5.72 Å². The molecule has 3 aromatic rings. The van der Waals surface area contributed by atoms with E-state index in [1.165, 1.54) is 44.1 Å². The van der Waals surface area contributed by atoms with Crippen molar-refractivity contribution in [3.05, 3.63) is 76.4 Å². The van der Waals surface area contributed by atoms with Crippen LogP contribution < -0.4 is 20.7 Å². The number of rotatable bonds is 4. The first-order chi connectivity index (χ1) is 15.9. The molecule has 3 nitrogen and oxygen atoms in total. The first kappa shape index (κ1) is 24.4. The second-order valence-electron chi connectivity index (χ2n) is 11.6. The Morgan fingerprint density at radius 2 is 1.41 bits per heavy atom. The molecule has 178 valence electrons. The van der Waals surface area contributed by atoms with E-state index < -0.39 is 0 Å². The van der Waals surface area contributed by atoms with E-state index in [4.69, 9.17) is 0 Å². The van der Waals surface area contributed by atoms with Crippen LogP contribution in [0.4, 0.5) is 0 Å². The lowest BCUT2D eigenvalue weighted by atomic mass is 9.50. The molecule has 0 radical (unpaired) electrons. The minimum atomic E-state index is 0.0265. The van der Waals surface area contributed by atoms with E-state index in [-0.39, 0.29) is 12.3 Å². The monoisotopic (exact) mass is 454 g/mol. The average molecular weight is 454 g/mol. The van der Waals surface area contributed by atoms with Crippen LogP contribution >= 0.6 is 0 Å². The Morgan fingerprint density at radius 1 is 0.853 bits per heavy atom. The summed E-state index contributed by atoms with van der Waals surface area (Å²) >= 11 is 0. The van der Waals surface area contributed by atoms with Crippen LogP contribution in [0.1, 0.15) is 78.4 Å². The molecule has 0 amide bonds. The highest BCUT2D eigenvalue weighted by Crippen LogP contribution is 2.33. The molecule has 0 saturated carbocycles. The van der Waals surface area contributed by atoms with E-state index in [9.17, 15) is 0 Å². The van der Waals surface area contributed by atoms with Crippen molar-refractivity contribution in [2.24, 2.45) is 12.5 Å². The van der Waals surface area contributed by atoms with Gasteiger partial charge >= 0.3 is 6.85 Å². The summed E-state index contributed by atoms with van der Waals surface area (Å²) in [6.07, 6.45) is 4.48. The van der Waals surface area contributed by atoms with Crippen molar-refractivity contribution in [2.75, 3.05) is 7.05 Å². The summed E-state index contributed by atoms with van der Waals surface area (Å²) in [4.78, 5) is 2.52. The van der Waals surface area contributed by atoms with Crippen LogP contribution in [0.5, 0.6) is 0 Å². The molecule has 0 saturated heterocycles. The third kappa shape index (κ3) is 3.91. The Balaban J connectivity index is 2.07. The lowest BCUT2D eigenvalue weighted by molar-refractivity contribution is -0.653. The molecular formula is C30H41BN3+. The molecule has 1 aromatic heterocycles. The molecule has 2 aromatic carbocycles. The fraction of sp³-hybridized carbons (Fsp3) is 0.433. The Hall–Kier alpha value is -2.75. The summed E-state index contributed by atoms with van der Waals surface area (Å²) in [6, 6.07) is 15.8. The van der Waals surface area contributed by atoms with Crippen molar-refractivity contribution in [2.45, 2.75) is 67.2 Å². The van der Waals surface area contributed by atoms with Gasteiger partial charge < -0.3 is 4.81 Å². The van der Waals surface area contributed by atoms with Gasteiger partial charge in [-0.05, 0) is 36.2 Å². The van der Waals surface area contributed by atoms with Crippen molar-refractivity contribution in [1.29, 1.82) is 0 Å². The van der Waals surface area contributed by atoms with Crippen molar-refractivity contribution >= 4 is 23.7 Å². The van der Waals surface area contributed by atoms with Crippen LogP contribution in [0, 0.1) is 5.41 Å². The maximum absolute atomic E-state index is 2.52. The maximum atomic E-state index is 2.52. The molecule has 34 heavy (non-hydrogen) atoms. The normalized spacial score (nSPS) is 14.5. The number of aryl methyl sites for hydroxylation is 1. The second kappa shape index (κ2) is 8.80. The zero-order valence-corrected chi connectivity index (χ0v) is 22.8. The van der Waals surface area contributed by atoms with Crippen molar-refractivity contribution < 1.29 is 4.57 Å². The molecular weight excluding hydrogens is 413 g/mol. The number of hydrogen-bond acceptors (Lipinski definition) is 1. The molecule has 0 spiro atoms. The highest BCUT2D eigenvalue weighted by Gasteiger charge is 2.43. The van der Waals surface area contributed by atoms with Crippen LogP contribution in [0.25, 0.3) is 16.9 Å². The summed E-state index contributed by atoms with van der Waals surface area (Å²) in [5.41, 5.74) is 8.27. The highest BCUT2D eigenvalue weighted by atomic mass is 15.2. The van der Waals surface area contributed by atoms with E-state index in [1.807, 2.05) is 0 Å². The average Bonchev–Trinajstić information content (AvgIpc) is 3.13. The fourth-order valence-corrected chi connectivity index (χ4v) is 5.88. The van der Waals surface area contributed by atoms with Crippen LogP contribution in [-0.2, 0) is 7.05 Å². The van der Waals surface area contributed by atoms with Gasteiger partial charge in [0, 0.05) is 22.2 Å². The smallest absolute Gasteiger partial charge is 0.406 e. The SMILES string of the molecule is CC1=c2ccccc2=C(C(C)(C)C)N(C)B1c1n(-c2c(C(C)C)cccc2C(C)C)cc[n+]1C. The zero-order chi connectivity index (χ0) is 24.9. The molecule has 2 heterocycles. The number of aromatic nitrogens is 2. The van der Waals surface area contributed by atoms with Gasteiger partial charge in [0.25, 0.3) is 0 Å². The third-order valence-electron chi connectivity index (χ3n) is 7.34. The summed E-state index contributed by atoms with van der Waals surface area (Å²) in [5, 5.41) is 2.72. The molecule has 4 rings (SSSR count). The van der Waals surface area contributed by atoms with Gasteiger partial charge in [0.15, 0.2) is 0 Å². The van der Waals surface area contributed by atoms with Crippen molar-refractivity contribution in [1.82, 2.24) is 9.38 Å². The van der Waals surface area contributed by atoms with Gasteiger partial charge in [-0.25, -0.2) is 9.13 Å². The summed E-state index contributed by atoms with van der Waals surface area (Å²) in [5.74, 6) is 0.890. The number of benzene rings is 2. The molecule has 0 atom stereocenters. The van der Waals surface area contributed by atoms with Crippen molar-refractivity contribution in [3.63, 3.8) is 0 Å². The molecule has 0 fully saturated rings. The number of para-hydroxylation sites is 1.